The molecule has 0 aliphatic carbocycles. The number of imide groups is 1. The molecule has 1 aromatic rings. The van der Waals surface area contributed by atoms with Crippen LogP contribution in [0.15, 0.2) is 18.3 Å². The number of carbonyl (C=O) groups excluding carboxylic acids is 2. The minimum absolute atomic E-state index is 0.141. The average Bonchev–Trinajstić information content (AvgIpc) is 2.70. The van der Waals surface area contributed by atoms with Gasteiger partial charge in [0.2, 0.25) is 11.8 Å². The van der Waals surface area contributed by atoms with Gasteiger partial charge in [0, 0.05) is 45.6 Å². The minimum Gasteiger partial charge on any atom is -0.368 e. The Labute approximate surface area is 160 Å². The predicted octanol–water partition coefficient (Wildman–Crippen LogP) is 1.25. The number of piperazine rings is 1. The van der Waals surface area contributed by atoms with Crippen molar-refractivity contribution in [3.8, 4) is 0 Å². The third-order valence-corrected chi connectivity index (χ3v) is 5.95. The van der Waals surface area contributed by atoms with Crippen LogP contribution in [0.2, 0.25) is 0 Å². The second kappa shape index (κ2) is 8.35. The first-order valence-corrected chi connectivity index (χ1v) is 10.2. The number of amides is 2. The molecule has 3 fully saturated rings. The maximum absolute atomic E-state index is 12.0. The molecule has 1 aromatic heterocycles. The van der Waals surface area contributed by atoms with E-state index in [-0.39, 0.29) is 11.8 Å². The smallest absolute Gasteiger partial charge is 0.234 e. The molecule has 7 nitrogen and oxygen atoms in total. The second-order valence-corrected chi connectivity index (χ2v) is 7.83. The first-order valence-electron chi connectivity index (χ1n) is 10.2. The van der Waals surface area contributed by atoms with Crippen LogP contribution in [0, 0.1) is 5.92 Å². The van der Waals surface area contributed by atoms with E-state index >= 15 is 0 Å². The number of carbonyl (C=O) groups is 2. The maximum atomic E-state index is 12.0. The van der Waals surface area contributed by atoms with Crippen molar-refractivity contribution in [1.29, 1.82) is 0 Å². The topological polar surface area (TPSA) is 68.8 Å². The van der Waals surface area contributed by atoms with Crippen LogP contribution in [0.1, 0.15) is 32.1 Å². The molecule has 2 amide bonds. The number of hydrogen-bond donors (Lipinski definition) is 1. The second-order valence-electron chi connectivity index (χ2n) is 7.83. The molecule has 4 heterocycles. The van der Waals surface area contributed by atoms with Gasteiger partial charge in [0.25, 0.3) is 0 Å². The fraction of sp³-hybridized carbons (Fsp3) is 0.650. The van der Waals surface area contributed by atoms with Gasteiger partial charge in [-0.3, -0.25) is 14.5 Å². The van der Waals surface area contributed by atoms with Gasteiger partial charge in [0.05, 0.1) is 11.9 Å². The molecule has 3 aliphatic rings. The Hall–Kier alpha value is -1.99. The van der Waals surface area contributed by atoms with Crippen molar-refractivity contribution in [3.05, 3.63) is 18.3 Å². The fourth-order valence-corrected chi connectivity index (χ4v) is 4.32. The number of hydrogen-bond acceptors (Lipinski definition) is 6. The highest BCUT2D eigenvalue weighted by atomic mass is 16.2. The highest BCUT2D eigenvalue weighted by Gasteiger charge is 2.28. The van der Waals surface area contributed by atoms with Gasteiger partial charge in [0.15, 0.2) is 0 Å². The number of nitrogens with zero attached hydrogens (tertiary/aromatic N) is 4. The van der Waals surface area contributed by atoms with Crippen LogP contribution in [0.5, 0.6) is 0 Å². The number of anilines is 2. The van der Waals surface area contributed by atoms with Crippen LogP contribution in [-0.4, -0.2) is 67.5 Å². The molecular formula is C20H29N5O2. The van der Waals surface area contributed by atoms with Crippen molar-refractivity contribution in [2.24, 2.45) is 5.92 Å². The Bertz CT molecular complexity index is 647. The number of aromatic nitrogens is 1. The lowest BCUT2D eigenvalue weighted by molar-refractivity contribution is -0.129. The lowest BCUT2D eigenvalue weighted by Crippen LogP contribution is -2.48. The van der Waals surface area contributed by atoms with Crippen molar-refractivity contribution in [2.75, 3.05) is 55.6 Å². The van der Waals surface area contributed by atoms with E-state index in [1.54, 1.807) is 12.3 Å². The largest absolute Gasteiger partial charge is 0.368 e. The van der Waals surface area contributed by atoms with Crippen LogP contribution in [0.4, 0.5) is 11.5 Å². The lowest BCUT2D eigenvalue weighted by atomic mass is 9.97. The molecule has 0 spiro atoms. The zero-order valence-electron chi connectivity index (χ0n) is 15.9. The van der Waals surface area contributed by atoms with E-state index in [2.05, 4.69) is 20.1 Å². The van der Waals surface area contributed by atoms with E-state index in [1.165, 1.54) is 24.3 Å². The fourth-order valence-electron chi connectivity index (χ4n) is 4.32. The highest BCUT2D eigenvalue weighted by molar-refractivity contribution is 6.15. The van der Waals surface area contributed by atoms with Crippen molar-refractivity contribution < 1.29 is 9.59 Å². The molecule has 1 N–H and O–H groups in total. The van der Waals surface area contributed by atoms with Crippen molar-refractivity contribution in [3.63, 3.8) is 0 Å². The van der Waals surface area contributed by atoms with Crippen LogP contribution >= 0.6 is 0 Å². The zero-order chi connectivity index (χ0) is 18.6. The van der Waals surface area contributed by atoms with Crippen molar-refractivity contribution in [1.82, 2.24) is 15.2 Å². The van der Waals surface area contributed by atoms with E-state index in [9.17, 15) is 9.59 Å². The number of rotatable bonds is 4. The van der Waals surface area contributed by atoms with E-state index in [0.717, 1.165) is 50.9 Å². The molecule has 27 heavy (non-hydrogen) atoms. The minimum atomic E-state index is -0.141. The van der Waals surface area contributed by atoms with E-state index in [1.807, 2.05) is 6.07 Å². The molecule has 0 radical (unpaired) electrons. The Kier molecular flexibility index (Phi) is 5.69. The highest BCUT2D eigenvalue weighted by Crippen LogP contribution is 2.23. The first kappa shape index (κ1) is 18.4. The Morgan fingerprint density at radius 3 is 2.33 bits per heavy atom. The van der Waals surface area contributed by atoms with Gasteiger partial charge in [-0.2, -0.15) is 0 Å². The molecule has 7 heteroatoms. The molecule has 4 rings (SSSR count). The van der Waals surface area contributed by atoms with Crippen LogP contribution in [0.3, 0.4) is 0 Å². The quantitative estimate of drug-likeness (QED) is 0.804. The maximum Gasteiger partial charge on any atom is 0.234 e. The van der Waals surface area contributed by atoms with Crippen molar-refractivity contribution in [2.45, 2.75) is 32.1 Å². The summed E-state index contributed by atoms with van der Waals surface area (Å²) in [4.78, 5) is 34.7. The Morgan fingerprint density at radius 1 is 1.00 bits per heavy atom. The molecular weight excluding hydrogens is 342 g/mol. The van der Waals surface area contributed by atoms with Crippen LogP contribution in [-0.2, 0) is 9.59 Å². The monoisotopic (exact) mass is 371 g/mol. The Morgan fingerprint density at radius 2 is 1.70 bits per heavy atom. The lowest BCUT2D eigenvalue weighted by Gasteiger charge is -2.38. The van der Waals surface area contributed by atoms with Gasteiger partial charge >= 0.3 is 0 Å². The summed E-state index contributed by atoms with van der Waals surface area (Å²) < 4.78 is 0. The van der Waals surface area contributed by atoms with Crippen LogP contribution in [0.25, 0.3) is 0 Å². The first-order chi connectivity index (χ1) is 13.2. The third kappa shape index (κ3) is 4.30. The van der Waals surface area contributed by atoms with Gasteiger partial charge in [0.1, 0.15) is 5.82 Å². The third-order valence-electron chi connectivity index (χ3n) is 5.95. The predicted molar refractivity (Wildman–Crippen MR) is 105 cm³/mol. The molecule has 3 saturated heterocycles. The number of nitrogens with one attached hydrogen (secondary N) is 1. The normalized spacial score (nSPS) is 23.1. The zero-order valence-corrected chi connectivity index (χ0v) is 15.9. The molecule has 3 aliphatic heterocycles. The van der Waals surface area contributed by atoms with Gasteiger partial charge in [-0.1, -0.05) is 0 Å². The molecule has 0 bridgehead atoms. The van der Waals surface area contributed by atoms with E-state index < -0.39 is 0 Å². The number of piperidine rings is 2. The summed E-state index contributed by atoms with van der Waals surface area (Å²) in [5, 5.41) is 3.43. The molecule has 0 unspecified atom stereocenters. The van der Waals surface area contributed by atoms with Gasteiger partial charge in [-0.15, -0.1) is 0 Å². The molecule has 146 valence electrons. The van der Waals surface area contributed by atoms with Gasteiger partial charge in [-0.25, -0.2) is 9.88 Å². The molecule has 0 saturated carbocycles. The summed E-state index contributed by atoms with van der Waals surface area (Å²) in [5.41, 5.74) is 1.07. The Balaban J connectivity index is 1.32. The molecule has 0 aromatic carbocycles. The summed E-state index contributed by atoms with van der Waals surface area (Å²) in [6.45, 7) is 7.67. The van der Waals surface area contributed by atoms with E-state index in [4.69, 9.17) is 0 Å². The average molecular weight is 371 g/mol. The van der Waals surface area contributed by atoms with Gasteiger partial charge < -0.3 is 10.2 Å². The summed E-state index contributed by atoms with van der Waals surface area (Å²) >= 11 is 0. The summed E-state index contributed by atoms with van der Waals surface area (Å²) in [7, 11) is 0. The standard InChI is InChI=1S/C20H29N5O2/c26-19-2-1-3-20(27)25(19)18-5-4-17(14-22-18)24-12-10-23(11-13-24)15-16-6-8-21-9-7-16/h4-5,14,16,21H,1-3,6-13,15H2. The summed E-state index contributed by atoms with van der Waals surface area (Å²) in [5.74, 6) is 1.01. The van der Waals surface area contributed by atoms with Crippen LogP contribution < -0.4 is 15.1 Å². The summed E-state index contributed by atoms with van der Waals surface area (Å²) in [6, 6.07) is 3.79. The van der Waals surface area contributed by atoms with Gasteiger partial charge in [-0.05, 0) is 50.4 Å². The SMILES string of the molecule is O=C1CCCC(=O)N1c1ccc(N2CCN(CC3CCNCC3)CC2)cn1. The van der Waals surface area contributed by atoms with E-state index in [0.29, 0.717) is 25.1 Å². The summed E-state index contributed by atoms with van der Waals surface area (Å²) in [6.07, 6.45) is 5.88. The molecule has 0 atom stereocenters. The van der Waals surface area contributed by atoms with Crippen molar-refractivity contribution >= 4 is 23.3 Å². The number of pyridine rings is 1.